The van der Waals surface area contributed by atoms with Gasteiger partial charge in [0.1, 0.15) is 5.75 Å². The highest BCUT2D eigenvalue weighted by molar-refractivity contribution is 6.33. The first kappa shape index (κ1) is 16.5. The van der Waals surface area contributed by atoms with Crippen LogP contribution in [-0.2, 0) is 6.61 Å². The number of aryl methyl sites for hydroxylation is 1. The molecule has 2 aromatic carbocycles. The molecule has 0 atom stereocenters. The molecule has 0 bridgehead atoms. The van der Waals surface area contributed by atoms with Gasteiger partial charge in [-0.05, 0) is 48.2 Å². The number of aromatic nitrogens is 2. The molecule has 5 heteroatoms. The van der Waals surface area contributed by atoms with E-state index in [4.69, 9.17) is 20.9 Å². The molecule has 3 aromatic rings. The summed E-state index contributed by atoms with van der Waals surface area (Å²) in [5, 5.41) is 4.52. The molecule has 0 aliphatic carbocycles. The standard InChI is InChI=1S/C19H19ClN2O2/c1-12(2)15-9-8-14(10-13(15)3)23-11-18-21-19(24-22-18)16-6-4-5-7-17(16)20/h4-10,12H,11H2,1-3H3. The third-order valence-corrected chi connectivity index (χ3v) is 4.13. The van der Waals surface area contributed by atoms with Gasteiger partial charge in [-0.15, -0.1) is 0 Å². The van der Waals surface area contributed by atoms with Crippen molar-refractivity contribution >= 4 is 11.6 Å². The van der Waals surface area contributed by atoms with Crippen LogP contribution in [-0.4, -0.2) is 10.1 Å². The number of rotatable bonds is 5. The smallest absolute Gasteiger partial charge is 0.259 e. The molecule has 1 aromatic heterocycles. The van der Waals surface area contributed by atoms with Gasteiger partial charge in [0, 0.05) is 0 Å². The molecule has 1 heterocycles. The van der Waals surface area contributed by atoms with Crippen LogP contribution in [0.1, 0.15) is 36.7 Å². The predicted molar refractivity (Wildman–Crippen MR) is 94.3 cm³/mol. The summed E-state index contributed by atoms with van der Waals surface area (Å²) < 4.78 is 11.0. The molecule has 0 unspecified atom stereocenters. The van der Waals surface area contributed by atoms with Crippen LogP contribution in [0.5, 0.6) is 5.75 Å². The van der Waals surface area contributed by atoms with Gasteiger partial charge in [-0.25, -0.2) is 0 Å². The third-order valence-electron chi connectivity index (χ3n) is 3.80. The van der Waals surface area contributed by atoms with Crippen molar-refractivity contribution in [2.24, 2.45) is 0 Å². The van der Waals surface area contributed by atoms with E-state index in [0.717, 1.165) is 11.3 Å². The van der Waals surface area contributed by atoms with E-state index in [1.54, 1.807) is 6.07 Å². The van der Waals surface area contributed by atoms with Crippen LogP contribution in [0, 0.1) is 6.92 Å². The topological polar surface area (TPSA) is 48.2 Å². The van der Waals surface area contributed by atoms with Crippen molar-refractivity contribution in [1.29, 1.82) is 0 Å². The van der Waals surface area contributed by atoms with E-state index in [1.807, 2.05) is 30.3 Å². The van der Waals surface area contributed by atoms with Gasteiger partial charge < -0.3 is 9.26 Å². The molecule has 0 radical (unpaired) electrons. The molecule has 24 heavy (non-hydrogen) atoms. The Morgan fingerprint density at radius 3 is 2.67 bits per heavy atom. The summed E-state index contributed by atoms with van der Waals surface area (Å²) in [4.78, 5) is 4.34. The first-order valence-electron chi connectivity index (χ1n) is 7.85. The number of hydrogen-bond acceptors (Lipinski definition) is 4. The number of nitrogens with zero attached hydrogens (tertiary/aromatic N) is 2. The Morgan fingerprint density at radius 1 is 1.17 bits per heavy atom. The second-order valence-electron chi connectivity index (χ2n) is 5.96. The van der Waals surface area contributed by atoms with Crippen LogP contribution in [0.25, 0.3) is 11.5 Å². The highest BCUT2D eigenvalue weighted by atomic mass is 35.5. The second kappa shape index (κ2) is 7.05. The minimum absolute atomic E-state index is 0.244. The summed E-state index contributed by atoms with van der Waals surface area (Å²) in [6.45, 7) is 6.69. The van der Waals surface area contributed by atoms with Crippen LogP contribution in [0.3, 0.4) is 0 Å². The zero-order chi connectivity index (χ0) is 17.1. The molecule has 0 saturated heterocycles. The van der Waals surface area contributed by atoms with E-state index in [1.165, 1.54) is 11.1 Å². The van der Waals surface area contributed by atoms with E-state index < -0.39 is 0 Å². The first-order valence-corrected chi connectivity index (χ1v) is 8.23. The molecule has 0 aliphatic rings. The first-order chi connectivity index (χ1) is 11.5. The molecular formula is C19H19ClN2O2. The summed E-state index contributed by atoms with van der Waals surface area (Å²) >= 11 is 6.14. The minimum Gasteiger partial charge on any atom is -0.485 e. The van der Waals surface area contributed by atoms with Gasteiger partial charge in [-0.1, -0.05) is 48.8 Å². The predicted octanol–water partition coefficient (Wildman–Crippen LogP) is 5.40. The zero-order valence-electron chi connectivity index (χ0n) is 13.9. The van der Waals surface area contributed by atoms with Crippen LogP contribution >= 0.6 is 11.6 Å². The van der Waals surface area contributed by atoms with E-state index >= 15 is 0 Å². The van der Waals surface area contributed by atoms with Crippen molar-refractivity contribution in [2.45, 2.75) is 33.3 Å². The van der Waals surface area contributed by atoms with Gasteiger partial charge in [0.25, 0.3) is 5.89 Å². The minimum atomic E-state index is 0.244. The Balaban J connectivity index is 1.70. The average molecular weight is 343 g/mol. The Kier molecular flexibility index (Phi) is 4.86. The lowest BCUT2D eigenvalue weighted by Gasteiger charge is -2.11. The Labute approximate surface area is 146 Å². The lowest BCUT2D eigenvalue weighted by Crippen LogP contribution is -1.99. The molecule has 0 aliphatic heterocycles. The highest BCUT2D eigenvalue weighted by Gasteiger charge is 2.12. The van der Waals surface area contributed by atoms with Gasteiger partial charge in [0.2, 0.25) is 5.82 Å². The van der Waals surface area contributed by atoms with E-state index in [2.05, 4.69) is 37.0 Å². The fourth-order valence-electron chi connectivity index (χ4n) is 2.59. The van der Waals surface area contributed by atoms with Crippen molar-refractivity contribution in [3.63, 3.8) is 0 Å². The number of halogens is 1. The highest BCUT2D eigenvalue weighted by Crippen LogP contribution is 2.27. The summed E-state index contributed by atoms with van der Waals surface area (Å²) in [6, 6.07) is 13.5. The van der Waals surface area contributed by atoms with Crippen molar-refractivity contribution in [3.05, 3.63) is 64.4 Å². The third kappa shape index (κ3) is 3.60. The summed E-state index contributed by atoms with van der Waals surface area (Å²) in [6.07, 6.45) is 0. The Hall–Kier alpha value is -2.33. The normalized spacial score (nSPS) is 11.0. The monoisotopic (exact) mass is 342 g/mol. The number of ether oxygens (including phenoxy) is 1. The van der Waals surface area contributed by atoms with Gasteiger partial charge in [-0.2, -0.15) is 4.98 Å². The average Bonchev–Trinajstić information content (AvgIpc) is 3.02. The molecule has 124 valence electrons. The van der Waals surface area contributed by atoms with E-state index in [9.17, 15) is 0 Å². The number of hydrogen-bond donors (Lipinski definition) is 0. The molecule has 4 nitrogen and oxygen atoms in total. The van der Waals surface area contributed by atoms with Gasteiger partial charge >= 0.3 is 0 Å². The van der Waals surface area contributed by atoms with E-state index in [-0.39, 0.29) is 6.61 Å². The summed E-state index contributed by atoms with van der Waals surface area (Å²) in [7, 11) is 0. The quantitative estimate of drug-likeness (QED) is 0.622. The van der Waals surface area contributed by atoms with Crippen LogP contribution in [0.15, 0.2) is 47.0 Å². The van der Waals surface area contributed by atoms with Gasteiger partial charge in [0.05, 0.1) is 10.6 Å². The van der Waals surface area contributed by atoms with E-state index in [0.29, 0.717) is 22.7 Å². The maximum absolute atomic E-state index is 6.14. The fraction of sp³-hybridized carbons (Fsp3) is 0.263. The second-order valence-corrected chi connectivity index (χ2v) is 6.36. The van der Waals surface area contributed by atoms with Crippen molar-refractivity contribution < 1.29 is 9.26 Å². The van der Waals surface area contributed by atoms with Gasteiger partial charge in [0.15, 0.2) is 6.61 Å². The zero-order valence-corrected chi connectivity index (χ0v) is 14.7. The van der Waals surface area contributed by atoms with Crippen molar-refractivity contribution in [2.75, 3.05) is 0 Å². The largest absolute Gasteiger partial charge is 0.485 e. The summed E-state index contributed by atoms with van der Waals surface area (Å²) in [5.41, 5.74) is 3.25. The Morgan fingerprint density at radius 2 is 1.96 bits per heavy atom. The lowest BCUT2D eigenvalue weighted by atomic mass is 9.98. The Bertz CT molecular complexity index is 843. The lowest BCUT2D eigenvalue weighted by molar-refractivity contribution is 0.287. The molecule has 3 rings (SSSR count). The van der Waals surface area contributed by atoms with Crippen molar-refractivity contribution in [3.8, 4) is 17.2 Å². The van der Waals surface area contributed by atoms with Crippen LogP contribution in [0.2, 0.25) is 5.02 Å². The maximum atomic E-state index is 6.14. The van der Waals surface area contributed by atoms with Crippen LogP contribution in [0.4, 0.5) is 0 Å². The molecular weight excluding hydrogens is 324 g/mol. The van der Waals surface area contributed by atoms with Gasteiger partial charge in [-0.3, -0.25) is 0 Å². The van der Waals surface area contributed by atoms with Crippen molar-refractivity contribution in [1.82, 2.24) is 10.1 Å². The maximum Gasteiger partial charge on any atom is 0.259 e. The molecule has 0 fully saturated rings. The fourth-order valence-corrected chi connectivity index (χ4v) is 2.81. The molecule has 0 N–H and O–H groups in total. The summed E-state index contributed by atoms with van der Waals surface area (Å²) in [5.74, 6) is 2.16. The molecule has 0 amide bonds. The number of benzene rings is 2. The SMILES string of the molecule is Cc1cc(OCc2noc(-c3ccccc3Cl)n2)ccc1C(C)C. The van der Waals surface area contributed by atoms with Crippen LogP contribution < -0.4 is 4.74 Å². The molecule has 0 spiro atoms. The molecule has 0 saturated carbocycles.